The Balaban J connectivity index is 0.000000105. The Labute approximate surface area is 97.5 Å². The number of hydrogen-bond acceptors (Lipinski definition) is 1. The summed E-state index contributed by atoms with van der Waals surface area (Å²) < 4.78 is 0.414. The number of rotatable bonds is 1. The first-order valence-electron chi connectivity index (χ1n) is 6.49. The molecule has 10 aliphatic heterocycles. The predicted molar refractivity (Wildman–Crippen MR) is 65.6 cm³/mol. The van der Waals surface area contributed by atoms with E-state index in [2.05, 4.69) is 5.73 Å². The number of primary amides is 1. The maximum atomic E-state index is 9.58. The van der Waals surface area contributed by atoms with Crippen LogP contribution in [-0.4, -0.2) is 10.3 Å². The number of amides is 1. The molecule has 88 valence electrons. The van der Waals surface area contributed by atoms with Crippen molar-refractivity contribution in [3.05, 3.63) is 0 Å². The molecule has 10 rings (SSSR count). The van der Waals surface area contributed by atoms with E-state index in [0.717, 1.165) is 0 Å². The van der Waals surface area contributed by atoms with Gasteiger partial charge in [0.05, 0.1) is 4.43 Å². The second-order valence-electron chi connectivity index (χ2n) is 10.2. The van der Waals surface area contributed by atoms with Crippen LogP contribution < -0.4 is 5.73 Å². The van der Waals surface area contributed by atoms with E-state index in [9.17, 15) is 4.79 Å². The Morgan fingerprint density at radius 1 is 0.875 bits per heavy atom. The minimum absolute atomic E-state index is 0.259. The van der Waals surface area contributed by atoms with Crippen molar-refractivity contribution >= 4 is 28.5 Å². The first-order valence-corrected chi connectivity index (χ1v) is 14.4. The molecule has 10 aliphatic rings. The average molecular weight is 371 g/mol. The van der Waals surface area contributed by atoms with Crippen LogP contribution in [0.15, 0.2) is 0 Å². The molecule has 4 heteroatoms. The minimum atomic E-state index is -2.28. The second kappa shape index (κ2) is 0.536. The Bertz CT molecular complexity index is 693. The number of hydrogen-bond donors (Lipinski definition) is 1. The summed E-state index contributed by atoms with van der Waals surface area (Å²) in [5, 5.41) is 0. The van der Waals surface area contributed by atoms with Crippen molar-refractivity contribution in [2.75, 3.05) is 4.43 Å². The Morgan fingerprint density at radius 2 is 1.06 bits per heavy atom. The first kappa shape index (κ1) is 6.76. The van der Waals surface area contributed by atoms with Gasteiger partial charge in [-0.3, -0.25) is 4.79 Å². The van der Waals surface area contributed by atoms with Gasteiger partial charge >= 0.3 is 54.7 Å². The van der Waals surface area contributed by atoms with Crippen LogP contribution in [0, 0.1) is 0 Å². The van der Waals surface area contributed by atoms with E-state index < -0.39 is 6.51 Å². The van der Waals surface area contributed by atoms with E-state index in [-0.39, 0.29) is 5.91 Å². The van der Waals surface area contributed by atoms with Crippen molar-refractivity contribution in [2.45, 2.75) is 48.2 Å². The summed E-state index contributed by atoms with van der Waals surface area (Å²) in [7, 11) is 0. The van der Waals surface area contributed by atoms with Crippen LogP contribution in [0.1, 0.15) is 0 Å². The number of carbonyl (C=O) groups excluding carboxylic acids is 1. The molecule has 10 fully saturated rings. The number of nitrogens with two attached hydrogens (primary N) is 1. The van der Waals surface area contributed by atoms with Crippen molar-refractivity contribution in [1.29, 1.82) is 0 Å². The summed E-state index contributed by atoms with van der Waals surface area (Å²) in [6.07, 6.45) is 0. The second-order valence-corrected chi connectivity index (χ2v) is 34.9. The van der Waals surface area contributed by atoms with Gasteiger partial charge in [-0.05, 0) is 0 Å². The van der Waals surface area contributed by atoms with Gasteiger partial charge in [-0.1, -0.05) is 22.6 Å². The molecule has 16 heavy (non-hydrogen) atoms. The third kappa shape index (κ3) is 0.0674. The van der Waals surface area contributed by atoms with Crippen molar-refractivity contribution in [3.63, 3.8) is 0 Å². The Kier molecular flexibility index (Phi) is 0.226. The van der Waals surface area contributed by atoms with Gasteiger partial charge in [0.2, 0.25) is 5.91 Å². The monoisotopic (exact) mass is 371 g/mol. The van der Waals surface area contributed by atoms with Gasteiger partial charge in [-0.25, -0.2) is 0 Å². The molecule has 2 nitrogen and oxygen atoms in total. The molecule has 10 heterocycles. The SMILES string of the molecule is NC(=O)CI.[CH]12[CH]3[CH]4[CH]5[CH]1[Fe]23451678[CH]2[CH]1[CH]6[CH]7[CH]28. The normalized spacial score (nSPS) is 120. The van der Waals surface area contributed by atoms with Gasteiger partial charge in [0.1, 0.15) is 0 Å². The van der Waals surface area contributed by atoms with E-state index in [1.54, 1.807) is 48.2 Å². The average Bonchev–Trinajstić information content (AvgIpc) is 3.21. The molecule has 1 spiro atoms. The van der Waals surface area contributed by atoms with E-state index in [1.165, 1.54) is 0 Å². The third-order valence-corrected chi connectivity index (χ3v) is 57.4. The van der Waals surface area contributed by atoms with E-state index in [0.29, 0.717) is 4.43 Å². The van der Waals surface area contributed by atoms with Crippen LogP contribution in [-0.2, 0) is 11.3 Å². The Morgan fingerprint density at radius 3 is 1.06 bits per heavy atom. The zero-order valence-electron chi connectivity index (χ0n) is 8.70. The fourth-order valence-corrected chi connectivity index (χ4v) is 88.0. The molecule has 0 aliphatic carbocycles. The predicted octanol–water partition coefficient (Wildman–Crippen LogP) is 3.28. The third-order valence-electron chi connectivity index (χ3n) is 14.7. The van der Waals surface area contributed by atoms with Crippen molar-refractivity contribution in [3.8, 4) is 0 Å². The van der Waals surface area contributed by atoms with Gasteiger partial charge < -0.3 is 5.73 Å². The van der Waals surface area contributed by atoms with E-state index in [1.807, 2.05) is 22.6 Å². The zero-order chi connectivity index (χ0) is 10.4. The van der Waals surface area contributed by atoms with Crippen LogP contribution in [0.2, 0.25) is 48.2 Å². The van der Waals surface area contributed by atoms with Crippen LogP contribution in [0.25, 0.3) is 0 Å². The van der Waals surface area contributed by atoms with E-state index in [4.69, 9.17) is 0 Å². The molecular weight excluding hydrogens is 357 g/mol. The fourth-order valence-electron chi connectivity index (χ4n) is 15.8. The van der Waals surface area contributed by atoms with Crippen LogP contribution >= 0.6 is 22.6 Å². The standard InChI is InChI=1S/2C5H5.C2H4INO.Fe/c2*1-2-4-5-3-1;3-1-2(4)5;/h2*1-5H;1H2,(H2,4,5);. The van der Waals surface area contributed by atoms with Crippen molar-refractivity contribution in [1.82, 2.24) is 0 Å². The van der Waals surface area contributed by atoms with Gasteiger partial charge in [-0.15, -0.1) is 0 Å². The molecule has 0 radical (unpaired) electrons. The van der Waals surface area contributed by atoms with Crippen LogP contribution in [0.4, 0.5) is 0 Å². The van der Waals surface area contributed by atoms with E-state index >= 15 is 0 Å². The summed E-state index contributed by atoms with van der Waals surface area (Å²) in [5.74, 6) is -0.259. The molecule has 0 bridgehead atoms. The molecule has 0 atom stereocenters. The number of fused-ring (bicyclic) bond motifs is 10. The molecule has 2 N–H and O–H groups in total. The number of halogens is 1. The first-order chi connectivity index (χ1) is 7.43. The van der Waals surface area contributed by atoms with Crippen LogP contribution in [0.5, 0.6) is 0 Å². The topological polar surface area (TPSA) is 43.1 Å². The number of alkyl halides is 1. The molecule has 0 aromatic carbocycles. The molecule has 1 amide bonds. The maximum absolute atomic E-state index is 9.58. The quantitative estimate of drug-likeness (QED) is 0.429. The number of carbonyl (C=O) groups is 1. The summed E-state index contributed by atoms with van der Waals surface area (Å²) in [6.45, 7) is -2.28. The molecule has 10 saturated heterocycles. The summed E-state index contributed by atoms with van der Waals surface area (Å²) in [4.78, 5) is 25.5. The molecule has 0 saturated carbocycles. The van der Waals surface area contributed by atoms with Gasteiger partial charge in [0, 0.05) is 0 Å². The fraction of sp³-hybridized carbons (Fsp3) is 0.917. The summed E-state index contributed by atoms with van der Waals surface area (Å²) in [5.41, 5.74) is 4.65. The van der Waals surface area contributed by atoms with Crippen molar-refractivity contribution < 1.29 is 11.3 Å². The molecule has 0 aromatic heterocycles. The molecule has 0 aromatic rings. The Hall–Kier alpha value is 0.719. The van der Waals surface area contributed by atoms with Gasteiger partial charge in [0.25, 0.3) is 0 Å². The van der Waals surface area contributed by atoms with Crippen LogP contribution in [0.3, 0.4) is 0 Å². The molecule has 0 unspecified atom stereocenters. The van der Waals surface area contributed by atoms with Gasteiger partial charge in [0.15, 0.2) is 0 Å². The van der Waals surface area contributed by atoms with Crippen molar-refractivity contribution in [2.24, 2.45) is 5.73 Å². The summed E-state index contributed by atoms with van der Waals surface area (Å²) >= 11 is 1.90. The summed E-state index contributed by atoms with van der Waals surface area (Å²) in [6, 6.07) is 0. The molecular formula is C12H14FeINO. The zero-order valence-corrected chi connectivity index (χ0v) is 12.0. The van der Waals surface area contributed by atoms with Gasteiger partial charge in [-0.2, -0.15) is 0 Å².